The van der Waals surface area contributed by atoms with Crippen LogP contribution < -0.4 is 0 Å². The maximum atomic E-state index is 11.1. The van der Waals surface area contributed by atoms with Crippen LogP contribution in [0.3, 0.4) is 0 Å². The van der Waals surface area contributed by atoms with Gasteiger partial charge < -0.3 is 4.57 Å². The smallest absolute Gasteiger partial charge is 0.149 e. The zero-order chi connectivity index (χ0) is 12.6. The van der Waals surface area contributed by atoms with E-state index in [0.29, 0.717) is 16.6 Å². The zero-order valence-corrected chi connectivity index (χ0v) is 11.5. The highest BCUT2D eigenvalue weighted by Crippen LogP contribution is 2.28. The number of hydrogen-bond donors (Lipinski definition) is 0. The molecule has 1 aromatic carbocycles. The lowest BCUT2D eigenvalue weighted by atomic mass is 10.2. The molecule has 0 aliphatic rings. The molecule has 1 aromatic heterocycles. The van der Waals surface area contributed by atoms with Crippen molar-refractivity contribution in [2.45, 2.75) is 6.54 Å². The van der Waals surface area contributed by atoms with Gasteiger partial charge in [-0.2, -0.15) is 0 Å². The molecule has 0 amide bonds. The molecule has 0 spiro atoms. The zero-order valence-electron chi connectivity index (χ0n) is 9.15. The average Bonchev–Trinajstić information content (AvgIpc) is 2.57. The van der Waals surface area contributed by atoms with Gasteiger partial charge in [0.05, 0.1) is 16.3 Å². The molecule has 0 saturated heterocycles. The summed E-state index contributed by atoms with van der Waals surface area (Å²) in [4.78, 5) is 0. The van der Waals surface area contributed by atoms with Crippen molar-refractivity contribution in [1.82, 2.24) is 4.57 Å². The number of sulfone groups is 1. The highest BCUT2D eigenvalue weighted by molar-refractivity contribution is 7.90. The summed E-state index contributed by atoms with van der Waals surface area (Å²) in [6.07, 6.45) is 3.04. The summed E-state index contributed by atoms with van der Waals surface area (Å²) >= 11 is 12.0. The first-order chi connectivity index (χ1) is 7.87. The van der Waals surface area contributed by atoms with Gasteiger partial charge in [-0.05, 0) is 18.2 Å². The fourth-order valence-electron chi connectivity index (χ4n) is 1.68. The van der Waals surface area contributed by atoms with Crippen LogP contribution in [0.1, 0.15) is 0 Å². The van der Waals surface area contributed by atoms with E-state index in [1.165, 1.54) is 6.26 Å². The van der Waals surface area contributed by atoms with Crippen LogP contribution >= 0.6 is 23.2 Å². The first kappa shape index (κ1) is 12.7. The quantitative estimate of drug-likeness (QED) is 0.872. The van der Waals surface area contributed by atoms with Gasteiger partial charge in [0.15, 0.2) is 0 Å². The van der Waals surface area contributed by atoms with Crippen molar-refractivity contribution >= 4 is 43.9 Å². The van der Waals surface area contributed by atoms with E-state index < -0.39 is 9.84 Å². The number of aryl methyl sites for hydroxylation is 1. The monoisotopic (exact) mass is 291 g/mol. The van der Waals surface area contributed by atoms with Gasteiger partial charge in [-0.1, -0.05) is 23.2 Å². The number of halogens is 2. The Labute approximate surface area is 110 Å². The van der Waals surface area contributed by atoms with Gasteiger partial charge in [0.25, 0.3) is 0 Å². The van der Waals surface area contributed by atoms with E-state index in [-0.39, 0.29) is 5.75 Å². The van der Waals surface area contributed by atoms with Gasteiger partial charge in [-0.3, -0.25) is 0 Å². The van der Waals surface area contributed by atoms with Crippen molar-refractivity contribution in [3.8, 4) is 0 Å². The van der Waals surface area contributed by atoms with E-state index in [0.717, 1.165) is 10.9 Å². The van der Waals surface area contributed by atoms with Crippen LogP contribution in [0.5, 0.6) is 0 Å². The molecule has 0 aliphatic heterocycles. The minimum absolute atomic E-state index is 0.0981. The third-order valence-corrected chi connectivity index (χ3v) is 3.96. The van der Waals surface area contributed by atoms with Crippen molar-refractivity contribution < 1.29 is 8.42 Å². The van der Waals surface area contributed by atoms with E-state index >= 15 is 0 Å². The predicted molar refractivity (Wildman–Crippen MR) is 71.7 cm³/mol. The van der Waals surface area contributed by atoms with Crippen molar-refractivity contribution in [2.24, 2.45) is 0 Å². The minimum atomic E-state index is -2.98. The number of benzene rings is 1. The molecule has 0 aliphatic carbocycles. The molecule has 0 saturated carbocycles. The molecule has 0 atom stereocenters. The molecule has 2 rings (SSSR count). The number of rotatable bonds is 3. The van der Waals surface area contributed by atoms with Crippen LogP contribution in [0.4, 0.5) is 0 Å². The third kappa shape index (κ3) is 2.94. The van der Waals surface area contributed by atoms with Crippen molar-refractivity contribution in [3.63, 3.8) is 0 Å². The summed E-state index contributed by atoms with van der Waals surface area (Å²) in [6.45, 7) is 0.402. The molecule has 6 heteroatoms. The molecule has 0 bridgehead atoms. The molecule has 0 unspecified atom stereocenters. The Morgan fingerprint density at radius 1 is 1.29 bits per heavy atom. The van der Waals surface area contributed by atoms with Crippen LogP contribution in [-0.4, -0.2) is 25.0 Å². The van der Waals surface area contributed by atoms with E-state index in [1.807, 2.05) is 16.8 Å². The summed E-state index contributed by atoms with van der Waals surface area (Å²) in [5, 5.41) is 2.00. The van der Waals surface area contributed by atoms with Gasteiger partial charge in [-0.15, -0.1) is 0 Å². The molecular weight excluding hydrogens is 281 g/mol. The van der Waals surface area contributed by atoms with Gasteiger partial charge >= 0.3 is 0 Å². The lowest BCUT2D eigenvalue weighted by Gasteiger charge is -2.05. The highest BCUT2D eigenvalue weighted by Gasteiger charge is 2.08. The van der Waals surface area contributed by atoms with Crippen LogP contribution in [0.25, 0.3) is 10.9 Å². The molecule has 17 heavy (non-hydrogen) atoms. The molecular formula is C11H11Cl2NO2S. The van der Waals surface area contributed by atoms with Crippen molar-refractivity contribution in [3.05, 3.63) is 34.4 Å². The van der Waals surface area contributed by atoms with Crippen molar-refractivity contribution in [1.29, 1.82) is 0 Å². The molecule has 1 heterocycles. The number of fused-ring (bicyclic) bond motifs is 1. The Kier molecular flexibility index (Phi) is 3.39. The number of nitrogens with zero attached hydrogens (tertiary/aromatic N) is 1. The topological polar surface area (TPSA) is 39.1 Å². The second kappa shape index (κ2) is 4.52. The fraction of sp³-hybridized carbons (Fsp3) is 0.273. The second-order valence-electron chi connectivity index (χ2n) is 3.96. The molecule has 2 aromatic rings. The highest BCUT2D eigenvalue weighted by atomic mass is 35.5. The van der Waals surface area contributed by atoms with Crippen LogP contribution in [0, 0.1) is 0 Å². The molecule has 3 nitrogen and oxygen atoms in total. The summed E-state index contributed by atoms with van der Waals surface area (Å²) < 4.78 is 24.1. The lowest BCUT2D eigenvalue weighted by Crippen LogP contribution is -2.10. The van der Waals surface area contributed by atoms with E-state index in [4.69, 9.17) is 23.2 Å². The van der Waals surface area contributed by atoms with Gasteiger partial charge in [0, 0.05) is 29.4 Å². The summed E-state index contributed by atoms with van der Waals surface area (Å²) in [6, 6.07) is 5.31. The lowest BCUT2D eigenvalue weighted by molar-refractivity contribution is 0.596. The molecule has 0 radical (unpaired) electrons. The summed E-state index contributed by atoms with van der Waals surface area (Å²) in [5.74, 6) is 0.0981. The Hall–Kier alpha value is -0.710. The minimum Gasteiger partial charge on any atom is -0.346 e. The Morgan fingerprint density at radius 3 is 2.65 bits per heavy atom. The second-order valence-corrected chi connectivity index (χ2v) is 7.06. The van der Waals surface area contributed by atoms with Gasteiger partial charge in [-0.25, -0.2) is 8.42 Å². The Morgan fingerprint density at radius 2 is 2.00 bits per heavy atom. The summed E-state index contributed by atoms with van der Waals surface area (Å²) in [7, 11) is -2.98. The average molecular weight is 292 g/mol. The first-order valence-corrected chi connectivity index (χ1v) is 7.80. The third-order valence-electron chi connectivity index (χ3n) is 2.51. The van der Waals surface area contributed by atoms with Gasteiger partial charge in [0.1, 0.15) is 9.84 Å². The first-order valence-electron chi connectivity index (χ1n) is 4.98. The van der Waals surface area contributed by atoms with Gasteiger partial charge in [0.2, 0.25) is 0 Å². The maximum absolute atomic E-state index is 11.1. The fourth-order valence-corrected chi connectivity index (χ4v) is 2.75. The molecule has 92 valence electrons. The van der Waals surface area contributed by atoms with E-state index in [2.05, 4.69) is 0 Å². The van der Waals surface area contributed by atoms with E-state index in [9.17, 15) is 8.42 Å². The van der Waals surface area contributed by atoms with Crippen LogP contribution in [0.15, 0.2) is 24.4 Å². The molecule has 0 N–H and O–H groups in total. The molecule has 0 fully saturated rings. The number of aromatic nitrogens is 1. The van der Waals surface area contributed by atoms with Crippen molar-refractivity contribution in [2.75, 3.05) is 12.0 Å². The largest absolute Gasteiger partial charge is 0.346 e. The number of hydrogen-bond acceptors (Lipinski definition) is 2. The summed E-state index contributed by atoms with van der Waals surface area (Å²) in [5.41, 5.74) is 0.853. The Bertz CT molecular complexity index is 661. The van der Waals surface area contributed by atoms with Crippen LogP contribution in [0.2, 0.25) is 10.0 Å². The van der Waals surface area contributed by atoms with Crippen LogP contribution in [-0.2, 0) is 16.4 Å². The Balaban J connectivity index is 2.42. The van der Waals surface area contributed by atoms with E-state index in [1.54, 1.807) is 12.1 Å². The predicted octanol–water partition coefficient (Wildman–Crippen LogP) is 2.99. The maximum Gasteiger partial charge on any atom is 0.149 e. The SMILES string of the molecule is CS(=O)(=O)CCn1ccc2c(Cl)cc(Cl)cc21. The normalized spacial score (nSPS) is 12.2. The standard InChI is InChI=1S/C11H11Cl2NO2S/c1-17(15,16)5-4-14-3-2-9-10(13)6-8(12)7-11(9)14/h2-3,6-7H,4-5H2,1H3.